The molecule has 1 saturated carbocycles. The van der Waals surface area contributed by atoms with Gasteiger partial charge in [-0.3, -0.25) is 9.59 Å². The molecule has 0 aliphatic heterocycles. The van der Waals surface area contributed by atoms with E-state index in [-0.39, 0.29) is 24.2 Å². The standard InChI is InChI=1S/C10H14N4O2S/c1-6-4-7(6)9(16)11-3-2-8(15)13-10-14-12-5-17-10/h5-7H,2-4H2,1H3,(H,11,16)(H,13,14,15)/t6-,7+/m1/s1. The molecular weight excluding hydrogens is 240 g/mol. The smallest absolute Gasteiger partial charge is 0.227 e. The van der Waals surface area contributed by atoms with Crippen LogP contribution in [0.2, 0.25) is 0 Å². The van der Waals surface area contributed by atoms with Gasteiger partial charge in [0.2, 0.25) is 16.9 Å². The zero-order valence-corrected chi connectivity index (χ0v) is 10.3. The van der Waals surface area contributed by atoms with Gasteiger partial charge in [-0.1, -0.05) is 18.3 Å². The molecule has 2 amide bonds. The number of aromatic nitrogens is 2. The summed E-state index contributed by atoms with van der Waals surface area (Å²) in [4.78, 5) is 22.9. The fourth-order valence-electron chi connectivity index (χ4n) is 1.53. The van der Waals surface area contributed by atoms with Crippen molar-refractivity contribution in [2.45, 2.75) is 19.8 Å². The average molecular weight is 254 g/mol. The minimum Gasteiger partial charge on any atom is -0.355 e. The first kappa shape index (κ1) is 12.0. The molecule has 1 aromatic rings. The van der Waals surface area contributed by atoms with E-state index in [1.54, 1.807) is 5.51 Å². The number of carbonyl (C=O) groups excluding carboxylic acids is 2. The Labute approximate surface area is 103 Å². The van der Waals surface area contributed by atoms with Crippen molar-refractivity contribution in [2.75, 3.05) is 11.9 Å². The highest BCUT2D eigenvalue weighted by atomic mass is 32.1. The number of nitrogens with one attached hydrogen (secondary N) is 2. The van der Waals surface area contributed by atoms with Crippen molar-refractivity contribution in [2.24, 2.45) is 11.8 Å². The molecule has 1 aliphatic rings. The molecule has 1 aromatic heterocycles. The molecule has 0 saturated heterocycles. The molecule has 0 unspecified atom stereocenters. The van der Waals surface area contributed by atoms with Crippen LogP contribution in [0.4, 0.5) is 5.13 Å². The van der Waals surface area contributed by atoms with E-state index in [9.17, 15) is 9.59 Å². The van der Waals surface area contributed by atoms with E-state index in [4.69, 9.17) is 0 Å². The van der Waals surface area contributed by atoms with Gasteiger partial charge in [0.25, 0.3) is 0 Å². The Kier molecular flexibility index (Phi) is 3.68. The van der Waals surface area contributed by atoms with Gasteiger partial charge in [-0.25, -0.2) is 0 Å². The zero-order valence-electron chi connectivity index (χ0n) is 9.47. The predicted molar refractivity (Wildman–Crippen MR) is 63.4 cm³/mol. The van der Waals surface area contributed by atoms with E-state index in [1.165, 1.54) is 11.3 Å². The summed E-state index contributed by atoms with van der Waals surface area (Å²) >= 11 is 1.26. The molecule has 0 spiro atoms. The summed E-state index contributed by atoms with van der Waals surface area (Å²) in [5.41, 5.74) is 1.55. The molecule has 6 nitrogen and oxygen atoms in total. The number of amides is 2. The van der Waals surface area contributed by atoms with E-state index < -0.39 is 0 Å². The van der Waals surface area contributed by atoms with Crippen LogP contribution >= 0.6 is 11.3 Å². The SMILES string of the molecule is C[C@@H]1C[C@@H]1C(=O)NCCC(=O)Nc1nncs1. The highest BCUT2D eigenvalue weighted by molar-refractivity contribution is 7.13. The van der Waals surface area contributed by atoms with Crippen LogP contribution in [0.1, 0.15) is 19.8 Å². The van der Waals surface area contributed by atoms with E-state index in [2.05, 4.69) is 20.8 Å². The zero-order chi connectivity index (χ0) is 12.3. The van der Waals surface area contributed by atoms with Crippen LogP contribution in [-0.2, 0) is 9.59 Å². The summed E-state index contributed by atoms with van der Waals surface area (Å²) in [5.74, 6) is 0.540. The summed E-state index contributed by atoms with van der Waals surface area (Å²) in [6.07, 6.45) is 1.22. The first-order chi connectivity index (χ1) is 8.16. The molecule has 2 N–H and O–H groups in total. The topological polar surface area (TPSA) is 84.0 Å². The van der Waals surface area contributed by atoms with Gasteiger partial charge in [0.15, 0.2) is 0 Å². The monoisotopic (exact) mass is 254 g/mol. The molecule has 17 heavy (non-hydrogen) atoms. The third kappa shape index (κ3) is 3.48. The van der Waals surface area contributed by atoms with Crippen molar-refractivity contribution in [3.05, 3.63) is 5.51 Å². The second-order valence-electron chi connectivity index (χ2n) is 4.15. The lowest BCUT2D eigenvalue weighted by Crippen LogP contribution is -2.29. The Morgan fingerprint density at radius 3 is 2.94 bits per heavy atom. The molecule has 7 heteroatoms. The molecule has 0 aromatic carbocycles. The molecular formula is C10H14N4O2S. The normalized spacial score (nSPS) is 21.9. The van der Waals surface area contributed by atoms with Crippen LogP contribution in [0.3, 0.4) is 0 Å². The molecule has 2 atom stereocenters. The van der Waals surface area contributed by atoms with E-state index >= 15 is 0 Å². The number of anilines is 1. The van der Waals surface area contributed by atoms with Gasteiger partial charge in [0, 0.05) is 18.9 Å². The molecule has 2 rings (SSSR count). The lowest BCUT2D eigenvalue weighted by Gasteiger charge is -2.03. The summed E-state index contributed by atoms with van der Waals surface area (Å²) < 4.78 is 0. The van der Waals surface area contributed by atoms with Crippen molar-refractivity contribution < 1.29 is 9.59 Å². The molecule has 1 aliphatic carbocycles. The molecule has 0 radical (unpaired) electrons. The third-order valence-corrected chi connectivity index (χ3v) is 3.31. The van der Waals surface area contributed by atoms with Gasteiger partial charge >= 0.3 is 0 Å². The van der Waals surface area contributed by atoms with E-state index in [1.807, 2.05) is 6.92 Å². The minimum absolute atomic E-state index is 0.0567. The highest BCUT2D eigenvalue weighted by Gasteiger charge is 2.38. The van der Waals surface area contributed by atoms with Crippen molar-refractivity contribution in [1.29, 1.82) is 0 Å². The van der Waals surface area contributed by atoms with Gasteiger partial charge in [0.05, 0.1) is 0 Å². The first-order valence-electron chi connectivity index (χ1n) is 5.50. The number of rotatable bonds is 5. The second kappa shape index (κ2) is 5.22. The van der Waals surface area contributed by atoms with Gasteiger partial charge in [-0.05, 0) is 12.3 Å². The maximum absolute atomic E-state index is 11.5. The lowest BCUT2D eigenvalue weighted by molar-refractivity contribution is -0.122. The van der Waals surface area contributed by atoms with Crippen molar-refractivity contribution in [1.82, 2.24) is 15.5 Å². The summed E-state index contributed by atoms with van der Waals surface area (Å²) in [5, 5.41) is 13.1. The van der Waals surface area contributed by atoms with Gasteiger partial charge in [-0.15, -0.1) is 10.2 Å². The van der Waals surface area contributed by atoms with Crippen LogP contribution in [0, 0.1) is 11.8 Å². The Morgan fingerprint density at radius 2 is 2.35 bits per heavy atom. The Balaban J connectivity index is 1.61. The highest BCUT2D eigenvalue weighted by Crippen LogP contribution is 2.37. The Morgan fingerprint density at radius 1 is 1.59 bits per heavy atom. The first-order valence-corrected chi connectivity index (χ1v) is 6.38. The van der Waals surface area contributed by atoms with Crippen LogP contribution in [0.15, 0.2) is 5.51 Å². The van der Waals surface area contributed by atoms with Crippen molar-refractivity contribution >= 4 is 28.3 Å². The lowest BCUT2D eigenvalue weighted by atomic mass is 10.3. The summed E-state index contributed by atoms with van der Waals surface area (Å²) in [7, 11) is 0. The van der Waals surface area contributed by atoms with E-state index in [0.717, 1.165) is 6.42 Å². The summed E-state index contributed by atoms with van der Waals surface area (Å²) in [6, 6.07) is 0. The van der Waals surface area contributed by atoms with Crippen LogP contribution in [0.25, 0.3) is 0 Å². The van der Waals surface area contributed by atoms with Crippen LogP contribution in [-0.4, -0.2) is 28.6 Å². The number of hydrogen-bond donors (Lipinski definition) is 2. The number of carbonyl (C=O) groups is 2. The average Bonchev–Trinajstić information content (AvgIpc) is 2.80. The van der Waals surface area contributed by atoms with Gasteiger partial charge < -0.3 is 10.6 Å². The largest absolute Gasteiger partial charge is 0.355 e. The summed E-state index contributed by atoms with van der Waals surface area (Å²) in [6.45, 7) is 2.42. The maximum atomic E-state index is 11.5. The van der Waals surface area contributed by atoms with Crippen LogP contribution < -0.4 is 10.6 Å². The van der Waals surface area contributed by atoms with Crippen molar-refractivity contribution in [3.8, 4) is 0 Å². The molecule has 92 valence electrons. The Bertz CT molecular complexity index is 406. The molecule has 1 fully saturated rings. The second-order valence-corrected chi connectivity index (χ2v) is 4.99. The number of hydrogen-bond acceptors (Lipinski definition) is 5. The predicted octanol–water partition coefficient (Wildman–Crippen LogP) is 0.639. The molecule has 1 heterocycles. The fourth-order valence-corrected chi connectivity index (χ4v) is 1.99. The third-order valence-electron chi connectivity index (χ3n) is 2.70. The van der Waals surface area contributed by atoms with Gasteiger partial charge in [0.1, 0.15) is 5.51 Å². The minimum atomic E-state index is -0.161. The van der Waals surface area contributed by atoms with Crippen molar-refractivity contribution in [3.63, 3.8) is 0 Å². The Hall–Kier alpha value is -1.50. The maximum Gasteiger partial charge on any atom is 0.227 e. The fraction of sp³-hybridized carbons (Fsp3) is 0.600. The van der Waals surface area contributed by atoms with E-state index in [0.29, 0.717) is 17.6 Å². The number of nitrogens with zero attached hydrogens (tertiary/aromatic N) is 2. The molecule has 0 bridgehead atoms. The quantitative estimate of drug-likeness (QED) is 0.807. The van der Waals surface area contributed by atoms with Gasteiger partial charge in [-0.2, -0.15) is 0 Å². The van der Waals surface area contributed by atoms with Crippen LogP contribution in [0.5, 0.6) is 0 Å².